The maximum absolute atomic E-state index is 6.48. The van der Waals surface area contributed by atoms with Crippen LogP contribution in [-0.4, -0.2) is 0 Å². The molecule has 9 rings (SSSR count). The summed E-state index contributed by atoms with van der Waals surface area (Å²) in [5.74, 6) is 0. The minimum atomic E-state index is 0.907. The Morgan fingerprint density at radius 3 is 1.75 bits per heavy atom. The molecule has 0 aliphatic heterocycles. The lowest BCUT2D eigenvalue weighted by Crippen LogP contribution is -1.87. The molecule has 0 saturated carbocycles. The van der Waals surface area contributed by atoms with Gasteiger partial charge in [-0.1, -0.05) is 121 Å². The van der Waals surface area contributed by atoms with Crippen molar-refractivity contribution in [2.24, 2.45) is 0 Å². The monoisotopic (exact) mass is 560 g/mol. The molecule has 0 bridgehead atoms. The minimum absolute atomic E-state index is 0.907. The quantitative estimate of drug-likeness (QED) is 0.209. The van der Waals surface area contributed by atoms with E-state index in [9.17, 15) is 0 Å². The molecular weight excluding hydrogens is 532 g/mol. The van der Waals surface area contributed by atoms with Gasteiger partial charge in [0.1, 0.15) is 11.2 Å². The molecule has 206 valence electrons. The zero-order valence-corrected chi connectivity index (χ0v) is 24.1. The first-order valence-corrected chi connectivity index (χ1v) is 15.2. The smallest absolute Gasteiger partial charge is 0.136 e. The van der Waals surface area contributed by atoms with Gasteiger partial charge in [-0.15, -0.1) is 0 Å². The van der Waals surface area contributed by atoms with Crippen LogP contribution in [0.4, 0.5) is 0 Å². The van der Waals surface area contributed by atoms with Crippen molar-refractivity contribution in [3.63, 3.8) is 0 Å². The van der Waals surface area contributed by atoms with E-state index in [1.165, 1.54) is 66.8 Å². The van der Waals surface area contributed by atoms with Crippen molar-refractivity contribution in [3.8, 4) is 55.6 Å². The van der Waals surface area contributed by atoms with Crippen LogP contribution in [0.25, 0.3) is 77.6 Å². The van der Waals surface area contributed by atoms with Gasteiger partial charge < -0.3 is 4.42 Å². The van der Waals surface area contributed by atoms with Crippen LogP contribution in [0.2, 0.25) is 0 Å². The normalized spacial score (nSPS) is 12.0. The van der Waals surface area contributed by atoms with Crippen molar-refractivity contribution >= 4 is 21.9 Å². The lowest BCUT2D eigenvalue weighted by Gasteiger charge is -2.13. The number of benzene rings is 7. The van der Waals surface area contributed by atoms with Gasteiger partial charge in [0.2, 0.25) is 0 Å². The van der Waals surface area contributed by atoms with Gasteiger partial charge in [-0.3, -0.25) is 0 Å². The summed E-state index contributed by atoms with van der Waals surface area (Å²) in [6, 6.07) is 56.9. The number of fused-ring (bicyclic) bond motifs is 6. The first-order chi connectivity index (χ1) is 21.8. The van der Waals surface area contributed by atoms with E-state index in [4.69, 9.17) is 4.42 Å². The van der Waals surface area contributed by atoms with Gasteiger partial charge in [-0.05, 0) is 110 Å². The molecule has 0 fully saturated rings. The highest BCUT2D eigenvalue weighted by Crippen LogP contribution is 2.45. The average molecular weight is 561 g/mol. The van der Waals surface area contributed by atoms with Crippen LogP contribution in [0.5, 0.6) is 0 Å². The second-order valence-electron chi connectivity index (χ2n) is 11.7. The fraction of sp³-hybridized carbons (Fsp3) is 0.0233. The second-order valence-corrected chi connectivity index (χ2v) is 11.7. The molecule has 1 heteroatoms. The number of furan rings is 1. The number of rotatable bonds is 4. The van der Waals surface area contributed by atoms with Gasteiger partial charge >= 0.3 is 0 Å². The van der Waals surface area contributed by atoms with E-state index in [0.717, 1.165) is 28.4 Å². The van der Waals surface area contributed by atoms with Crippen molar-refractivity contribution in [1.29, 1.82) is 0 Å². The third kappa shape index (κ3) is 4.01. The van der Waals surface area contributed by atoms with Gasteiger partial charge in [0.15, 0.2) is 0 Å². The van der Waals surface area contributed by atoms with Gasteiger partial charge in [-0.25, -0.2) is 0 Å². The van der Waals surface area contributed by atoms with E-state index in [2.05, 4.69) is 158 Å². The summed E-state index contributed by atoms with van der Waals surface area (Å²) in [5.41, 5.74) is 17.0. The molecule has 0 radical (unpaired) electrons. The highest BCUT2D eigenvalue weighted by Gasteiger charge is 2.22. The highest BCUT2D eigenvalue weighted by molar-refractivity contribution is 6.14. The van der Waals surface area contributed by atoms with E-state index in [0.29, 0.717) is 0 Å². The molecule has 7 aromatic carbocycles. The van der Waals surface area contributed by atoms with Crippen molar-refractivity contribution in [3.05, 3.63) is 169 Å². The standard InChI is InChI=1S/C43H28O/c1-3-11-28(12-4-1)33-24-34(29-13-5-2-6-14-29)26-35(25-33)38-19-10-20-41-43(38)39-27-31(21-22-40(39)44-41)37-18-9-16-32-23-30-15-7-8-17-36(30)42(32)37/h1-22,24-27H,23H2. The van der Waals surface area contributed by atoms with Crippen molar-refractivity contribution in [2.75, 3.05) is 0 Å². The Bertz CT molecular complexity index is 2280. The summed E-state index contributed by atoms with van der Waals surface area (Å²) < 4.78 is 6.48. The SMILES string of the molecule is c1ccc(-c2cc(-c3ccccc3)cc(-c3cccc4oc5ccc(-c6cccc7c6-c6ccccc6C7)cc5c34)c2)cc1. The molecule has 44 heavy (non-hydrogen) atoms. The third-order valence-corrected chi connectivity index (χ3v) is 9.08. The fourth-order valence-corrected chi connectivity index (χ4v) is 7.04. The lowest BCUT2D eigenvalue weighted by molar-refractivity contribution is 0.669. The zero-order valence-electron chi connectivity index (χ0n) is 24.1. The summed E-state index contributed by atoms with van der Waals surface area (Å²) >= 11 is 0. The van der Waals surface area contributed by atoms with Crippen LogP contribution in [-0.2, 0) is 6.42 Å². The van der Waals surface area contributed by atoms with E-state index in [1.807, 2.05) is 0 Å². The Kier molecular flexibility index (Phi) is 5.64. The van der Waals surface area contributed by atoms with Crippen LogP contribution in [0.3, 0.4) is 0 Å². The average Bonchev–Trinajstić information content (AvgIpc) is 3.67. The largest absolute Gasteiger partial charge is 0.456 e. The van der Waals surface area contributed by atoms with Gasteiger partial charge in [-0.2, -0.15) is 0 Å². The molecule has 0 spiro atoms. The molecule has 1 aliphatic rings. The van der Waals surface area contributed by atoms with Crippen LogP contribution in [0.1, 0.15) is 11.1 Å². The first kappa shape index (κ1) is 24.9. The Morgan fingerprint density at radius 1 is 0.364 bits per heavy atom. The molecule has 1 heterocycles. The predicted molar refractivity (Wildman–Crippen MR) is 184 cm³/mol. The maximum Gasteiger partial charge on any atom is 0.136 e. The summed E-state index contributed by atoms with van der Waals surface area (Å²) in [5, 5.41) is 2.30. The minimum Gasteiger partial charge on any atom is -0.456 e. The molecule has 1 aliphatic carbocycles. The van der Waals surface area contributed by atoms with E-state index >= 15 is 0 Å². The lowest BCUT2D eigenvalue weighted by atomic mass is 9.90. The second kappa shape index (κ2) is 9.97. The van der Waals surface area contributed by atoms with Crippen molar-refractivity contribution in [2.45, 2.75) is 6.42 Å². The van der Waals surface area contributed by atoms with Crippen molar-refractivity contribution in [1.82, 2.24) is 0 Å². The zero-order chi connectivity index (χ0) is 29.0. The number of hydrogen-bond acceptors (Lipinski definition) is 1. The Labute approximate surface area is 256 Å². The van der Waals surface area contributed by atoms with E-state index in [1.54, 1.807) is 0 Å². The molecule has 0 saturated heterocycles. The van der Waals surface area contributed by atoms with Crippen molar-refractivity contribution < 1.29 is 4.42 Å². The Morgan fingerprint density at radius 2 is 0.977 bits per heavy atom. The topological polar surface area (TPSA) is 13.1 Å². The predicted octanol–water partition coefficient (Wildman–Crippen LogP) is 11.8. The van der Waals surface area contributed by atoms with Gasteiger partial charge in [0.05, 0.1) is 0 Å². The van der Waals surface area contributed by atoms with E-state index in [-0.39, 0.29) is 0 Å². The van der Waals surface area contributed by atoms with Crippen LogP contribution >= 0.6 is 0 Å². The molecule has 0 atom stereocenters. The fourth-order valence-electron chi connectivity index (χ4n) is 7.04. The van der Waals surface area contributed by atoms with Crippen LogP contribution in [0, 0.1) is 0 Å². The molecule has 8 aromatic rings. The molecule has 0 amide bonds. The molecular formula is C43H28O. The van der Waals surface area contributed by atoms with Crippen LogP contribution in [0.15, 0.2) is 162 Å². The molecule has 1 aromatic heterocycles. The summed E-state index contributed by atoms with van der Waals surface area (Å²) in [4.78, 5) is 0. The molecule has 0 N–H and O–H groups in total. The van der Waals surface area contributed by atoms with E-state index < -0.39 is 0 Å². The Balaban J connectivity index is 1.27. The highest BCUT2D eigenvalue weighted by atomic mass is 16.3. The molecule has 0 unspecified atom stereocenters. The first-order valence-electron chi connectivity index (χ1n) is 15.2. The van der Waals surface area contributed by atoms with Gasteiger partial charge in [0, 0.05) is 10.8 Å². The van der Waals surface area contributed by atoms with Gasteiger partial charge in [0.25, 0.3) is 0 Å². The Hall–Kier alpha value is -5.66. The summed E-state index contributed by atoms with van der Waals surface area (Å²) in [6.07, 6.45) is 0.988. The maximum atomic E-state index is 6.48. The van der Waals surface area contributed by atoms with Crippen LogP contribution < -0.4 is 0 Å². The third-order valence-electron chi connectivity index (χ3n) is 9.08. The molecule has 1 nitrogen and oxygen atoms in total. The summed E-state index contributed by atoms with van der Waals surface area (Å²) in [7, 11) is 0. The summed E-state index contributed by atoms with van der Waals surface area (Å²) in [6.45, 7) is 0. The number of hydrogen-bond donors (Lipinski definition) is 0.